The molecule has 2 aromatic carbocycles. The number of hydrogen-bond acceptors (Lipinski definition) is 3. The number of nitrogens with zero attached hydrogens (tertiary/aromatic N) is 1. The molecule has 0 aliphatic carbocycles. The molecule has 8 heteroatoms. The molecule has 0 saturated carbocycles. The Hall–Kier alpha value is -1.96. The van der Waals surface area contributed by atoms with Crippen LogP contribution < -0.4 is 5.32 Å². The minimum atomic E-state index is -3.72. The van der Waals surface area contributed by atoms with Gasteiger partial charge in [0.1, 0.15) is 5.82 Å². The fourth-order valence-corrected chi connectivity index (χ4v) is 5.33. The van der Waals surface area contributed by atoms with Gasteiger partial charge in [-0.15, -0.1) is 0 Å². The first-order valence-electron chi connectivity index (χ1n) is 9.60. The van der Waals surface area contributed by atoms with Gasteiger partial charge in [-0.05, 0) is 49.1 Å². The Balaban J connectivity index is 1.58. The maximum atomic E-state index is 14.0. The smallest absolute Gasteiger partial charge is 0.227 e. The van der Waals surface area contributed by atoms with Crippen LogP contribution in [0.15, 0.2) is 42.5 Å². The van der Waals surface area contributed by atoms with E-state index in [0.717, 1.165) is 12.1 Å². The van der Waals surface area contributed by atoms with Gasteiger partial charge in [-0.3, -0.25) is 4.79 Å². The summed E-state index contributed by atoms with van der Waals surface area (Å²) in [5, 5.41) is 2.99. The van der Waals surface area contributed by atoms with E-state index in [2.05, 4.69) is 12.2 Å². The van der Waals surface area contributed by atoms with Crippen molar-refractivity contribution in [1.82, 2.24) is 4.31 Å². The summed E-state index contributed by atoms with van der Waals surface area (Å²) >= 11 is 5.96. The van der Waals surface area contributed by atoms with Crippen molar-refractivity contribution < 1.29 is 17.6 Å². The molecule has 0 bridgehead atoms. The fraction of sp³-hybridized carbons (Fsp3) is 0.381. The first-order valence-corrected chi connectivity index (χ1v) is 11.6. The standard InChI is InChI=1S/C21H24ClFN2O3S/c1-2-15-6-8-17(9-7-15)24-21(26)16-10-12-25(13-11-16)29(27,28)14-18-19(22)4-3-5-20(18)23/h3-9,16H,2,10-14H2,1H3,(H,24,26). The highest BCUT2D eigenvalue weighted by atomic mass is 35.5. The van der Waals surface area contributed by atoms with Crippen molar-refractivity contribution in [1.29, 1.82) is 0 Å². The largest absolute Gasteiger partial charge is 0.326 e. The quantitative estimate of drug-likeness (QED) is 0.734. The number of sulfonamides is 1. The van der Waals surface area contributed by atoms with Crippen LogP contribution in [0.1, 0.15) is 30.9 Å². The Morgan fingerprint density at radius 1 is 1.17 bits per heavy atom. The van der Waals surface area contributed by atoms with Crippen LogP contribution in [0.5, 0.6) is 0 Å². The molecule has 0 spiro atoms. The number of carbonyl (C=O) groups excluding carboxylic acids is 1. The van der Waals surface area contributed by atoms with E-state index in [1.165, 1.54) is 28.1 Å². The second kappa shape index (κ2) is 9.24. The van der Waals surface area contributed by atoms with Crippen molar-refractivity contribution in [2.75, 3.05) is 18.4 Å². The Morgan fingerprint density at radius 3 is 2.41 bits per heavy atom. The van der Waals surface area contributed by atoms with Gasteiger partial charge in [0.15, 0.2) is 0 Å². The average molecular weight is 439 g/mol. The highest BCUT2D eigenvalue weighted by Crippen LogP contribution is 2.26. The van der Waals surface area contributed by atoms with E-state index < -0.39 is 21.6 Å². The van der Waals surface area contributed by atoms with Crippen LogP contribution in [-0.2, 0) is 27.0 Å². The minimum absolute atomic E-state index is 0.0236. The van der Waals surface area contributed by atoms with Crippen molar-refractivity contribution in [3.8, 4) is 0 Å². The van der Waals surface area contributed by atoms with Crippen molar-refractivity contribution in [3.63, 3.8) is 0 Å². The molecule has 1 aliphatic heterocycles. The van der Waals surface area contributed by atoms with Gasteiger partial charge in [0.2, 0.25) is 15.9 Å². The molecule has 1 fully saturated rings. The van der Waals surface area contributed by atoms with Gasteiger partial charge in [-0.2, -0.15) is 0 Å². The summed E-state index contributed by atoms with van der Waals surface area (Å²) in [4.78, 5) is 12.5. The zero-order valence-corrected chi connectivity index (χ0v) is 17.8. The molecule has 0 atom stereocenters. The van der Waals surface area contributed by atoms with E-state index in [-0.39, 0.29) is 35.5 Å². The molecule has 3 rings (SSSR count). The van der Waals surface area contributed by atoms with Gasteiger partial charge in [0.25, 0.3) is 0 Å². The topological polar surface area (TPSA) is 66.5 Å². The number of amides is 1. The molecule has 2 aromatic rings. The molecule has 1 amide bonds. The number of rotatable bonds is 6. The van der Waals surface area contributed by atoms with E-state index in [1.807, 2.05) is 24.3 Å². The van der Waals surface area contributed by atoms with E-state index >= 15 is 0 Å². The van der Waals surface area contributed by atoms with Crippen molar-refractivity contribution in [2.45, 2.75) is 31.9 Å². The molecule has 5 nitrogen and oxygen atoms in total. The monoisotopic (exact) mass is 438 g/mol. The normalized spacial score (nSPS) is 16.0. The van der Waals surface area contributed by atoms with Gasteiger partial charge < -0.3 is 5.32 Å². The van der Waals surface area contributed by atoms with Crippen LogP contribution in [0, 0.1) is 11.7 Å². The first kappa shape index (κ1) is 21.7. The summed E-state index contributed by atoms with van der Waals surface area (Å²) in [6.45, 7) is 2.51. The van der Waals surface area contributed by atoms with Crippen LogP contribution in [0.4, 0.5) is 10.1 Å². The number of anilines is 1. The second-order valence-electron chi connectivity index (χ2n) is 7.17. The van der Waals surface area contributed by atoms with Crippen molar-refractivity contribution in [3.05, 3.63) is 64.4 Å². The van der Waals surface area contributed by atoms with Crippen LogP contribution in [0.25, 0.3) is 0 Å². The van der Waals surface area contributed by atoms with Gasteiger partial charge in [-0.25, -0.2) is 17.1 Å². The maximum absolute atomic E-state index is 14.0. The molecule has 1 heterocycles. The SMILES string of the molecule is CCc1ccc(NC(=O)C2CCN(S(=O)(=O)Cc3c(F)cccc3Cl)CC2)cc1. The Bertz CT molecular complexity index is 952. The molecular formula is C21H24ClFN2O3S. The van der Waals surface area contributed by atoms with Crippen LogP contribution in [0.3, 0.4) is 0 Å². The third-order valence-electron chi connectivity index (χ3n) is 5.24. The molecule has 0 aromatic heterocycles. The lowest BCUT2D eigenvalue weighted by atomic mass is 9.97. The Morgan fingerprint density at radius 2 is 1.83 bits per heavy atom. The fourth-order valence-electron chi connectivity index (χ4n) is 3.41. The molecule has 156 valence electrons. The first-order chi connectivity index (χ1) is 13.8. The number of aryl methyl sites for hydroxylation is 1. The highest BCUT2D eigenvalue weighted by Gasteiger charge is 2.32. The van der Waals surface area contributed by atoms with Gasteiger partial charge >= 0.3 is 0 Å². The third-order valence-corrected chi connectivity index (χ3v) is 7.40. The van der Waals surface area contributed by atoms with E-state index in [9.17, 15) is 17.6 Å². The lowest BCUT2D eigenvalue weighted by molar-refractivity contribution is -0.120. The molecule has 29 heavy (non-hydrogen) atoms. The lowest BCUT2D eigenvalue weighted by Gasteiger charge is -2.30. The number of hydrogen-bond donors (Lipinski definition) is 1. The predicted octanol–water partition coefficient (Wildman–Crippen LogP) is 4.22. The highest BCUT2D eigenvalue weighted by molar-refractivity contribution is 7.88. The number of piperidine rings is 1. The van der Waals surface area contributed by atoms with E-state index in [0.29, 0.717) is 12.8 Å². The number of benzene rings is 2. The zero-order chi connectivity index (χ0) is 21.0. The Kier molecular flexibility index (Phi) is 6.93. The summed E-state index contributed by atoms with van der Waals surface area (Å²) in [5.74, 6) is -1.49. The summed E-state index contributed by atoms with van der Waals surface area (Å²) in [6, 6.07) is 11.8. The average Bonchev–Trinajstić information content (AvgIpc) is 2.71. The van der Waals surface area contributed by atoms with Crippen molar-refractivity contribution in [2.24, 2.45) is 5.92 Å². The summed E-state index contributed by atoms with van der Waals surface area (Å²) in [7, 11) is -3.72. The Labute approximate surface area is 175 Å². The molecular weight excluding hydrogens is 415 g/mol. The van der Waals surface area contributed by atoms with E-state index in [1.54, 1.807) is 0 Å². The lowest BCUT2D eigenvalue weighted by Crippen LogP contribution is -2.42. The zero-order valence-electron chi connectivity index (χ0n) is 16.2. The van der Waals surface area contributed by atoms with E-state index in [4.69, 9.17) is 11.6 Å². The predicted molar refractivity (Wildman–Crippen MR) is 113 cm³/mol. The summed E-state index contributed by atoms with van der Waals surface area (Å²) in [6.07, 6.45) is 1.77. The second-order valence-corrected chi connectivity index (χ2v) is 9.55. The number of halogens is 2. The molecule has 0 radical (unpaired) electrons. The molecule has 1 saturated heterocycles. The van der Waals surface area contributed by atoms with Gasteiger partial charge in [-0.1, -0.05) is 36.7 Å². The van der Waals surface area contributed by atoms with Crippen LogP contribution >= 0.6 is 11.6 Å². The molecule has 1 aliphatic rings. The van der Waals surface area contributed by atoms with Gasteiger partial charge in [0, 0.05) is 35.3 Å². The molecule has 0 unspecified atom stereocenters. The minimum Gasteiger partial charge on any atom is -0.326 e. The third kappa shape index (κ3) is 5.35. The maximum Gasteiger partial charge on any atom is 0.227 e. The number of nitrogens with one attached hydrogen (secondary N) is 1. The summed E-state index contributed by atoms with van der Waals surface area (Å²) < 4.78 is 40.6. The van der Waals surface area contributed by atoms with Gasteiger partial charge in [0.05, 0.1) is 5.75 Å². The summed E-state index contributed by atoms with van der Waals surface area (Å²) in [5.41, 5.74) is 1.90. The number of carbonyl (C=O) groups is 1. The van der Waals surface area contributed by atoms with Crippen molar-refractivity contribution >= 4 is 33.2 Å². The molecule has 1 N–H and O–H groups in total. The van der Waals surface area contributed by atoms with Crippen LogP contribution in [0.2, 0.25) is 5.02 Å². The van der Waals surface area contributed by atoms with Crippen LogP contribution in [-0.4, -0.2) is 31.7 Å².